The largest absolute Gasteiger partial charge is 0.347 e. The lowest BCUT2D eigenvalue weighted by Gasteiger charge is -2.20. The molecule has 5 rings (SSSR count). The molecule has 0 saturated carbocycles. The van der Waals surface area contributed by atoms with E-state index in [4.69, 9.17) is 0 Å². The minimum absolute atomic E-state index is 0.170. The molecule has 3 amide bonds. The van der Waals surface area contributed by atoms with E-state index in [9.17, 15) is 18.8 Å². The fourth-order valence-corrected chi connectivity index (χ4v) is 4.36. The molecule has 31 heavy (non-hydrogen) atoms. The normalized spacial score (nSPS) is 17.8. The lowest BCUT2D eigenvalue weighted by molar-refractivity contribution is -0.119. The van der Waals surface area contributed by atoms with Crippen molar-refractivity contribution >= 4 is 40.0 Å². The Morgan fingerprint density at radius 2 is 2.03 bits per heavy atom. The highest BCUT2D eigenvalue weighted by atomic mass is 19.1. The maximum Gasteiger partial charge on any atom is 0.256 e. The highest BCUT2D eigenvalue weighted by Crippen LogP contribution is 2.30. The first kappa shape index (κ1) is 19.3. The molecular weight excluding hydrogens is 399 g/mol. The maximum absolute atomic E-state index is 13.5. The van der Waals surface area contributed by atoms with Gasteiger partial charge in [0.2, 0.25) is 11.8 Å². The van der Waals surface area contributed by atoms with Crippen molar-refractivity contribution < 1.29 is 18.8 Å². The second kappa shape index (κ2) is 7.54. The van der Waals surface area contributed by atoms with Crippen molar-refractivity contribution in [2.24, 2.45) is 0 Å². The summed E-state index contributed by atoms with van der Waals surface area (Å²) in [6, 6.07) is 10.9. The predicted molar refractivity (Wildman–Crippen MR) is 114 cm³/mol. The Morgan fingerprint density at radius 3 is 2.90 bits per heavy atom. The summed E-state index contributed by atoms with van der Waals surface area (Å²) in [5.74, 6) is -0.911. The number of amides is 3. The fraction of sp³-hybridized carbons (Fsp3) is 0.261. The molecule has 0 aliphatic carbocycles. The lowest BCUT2D eigenvalue weighted by Crippen LogP contribution is -2.40. The van der Waals surface area contributed by atoms with Gasteiger partial charge in [0.05, 0.1) is 16.8 Å². The number of anilines is 2. The summed E-state index contributed by atoms with van der Waals surface area (Å²) in [6.07, 6.45) is 3.48. The van der Waals surface area contributed by atoms with Crippen LogP contribution >= 0.6 is 0 Å². The predicted octanol–water partition coefficient (Wildman–Crippen LogP) is 3.37. The highest BCUT2D eigenvalue weighted by molar-refractivity contribution is 6.11. The maximum atomic E-state index is 13.5. The van der Waals surface area contributed by atoms with Gasteiger partial charge in [0, 0.05) is 31.4 Å². The van der Waals surface area contributed by atoms with E-state index in [-0.39, 0.29) is 30.0 Å². The van der Waals surface area contributed by atoms with Crippen molar-refractivity contribution in [2.45, 2.75) is 31.8 Å². The van der Waals surface area contributed by atoms with Crippen LogP contribution in [-0.4, -0.2) is 39.8 Å². The fourth-order valence-electron chi connectivity index (χ4n) is 4.36. The lowest BCUT2D eigenvalue weighted by atomic mass is 10.1. The van der Waals surface area contributed by atoms with Crippen LogP contribution in [0.15, 0.2) is 48.7 Å². The van der Waals surface area contributed by atoms with Crippen molar-refractivity contribution in [1.29, 1.82) is 0 Å². The molecule has 3 heterocycles. The zero-order valence-corrected chi connectivity index (χ0v) is 16.7. The van der Waals surface area contributed by atoms with Gasteiger partial charge < -0.3 is 20.1 Å². The van der Waals surface area contributed by atoms with E-state index < -0.39 is 6.04 Å². The Morgan fingerprint density at radius 1 is 1.16 bits per heavy atom. The number of nitrogens with zero attached hydrogens (tertiary/aromatic N) is 2. The molecule has 8 heteroatoms. The van der Waals surface area contributed by atoms with Gasteiger partial charge in [-0.05, 0) is 60.7 Å². The Hall–Kier alpha value is -3.68. The van der Waals surface area contributed by atoms with Crippen molar-refractivity contribution in [2.75, 3.05) is 17.2 Å². The van der Waals surface area contributed by atoms with Gasteiger partial charge in [0.1, 0.15) is 11.9 Å². The third-order valence-corrected chi connectivity index (χ3v) is 5.92. The van der Waals surface area contributed by atoms with E-state index in [0.717, 1.165) is 17.3 Å². The van der Waals surface area contributed by atoms with Gasteiger partial charge in [-0.2, -0.15) is 0 Å². The smallest absolute Gasteiger partial charge is 0.256 e. The van der Waals surface area contributed by atoms with Crippen molar-refractivity contribution in [3.05, 3.63) is 60.0 Å². The molecule has 2 aliphatic rings. The minimum Gasteiger partial charge on any atom is -0.347 e. The SMILES string of the molecule is O=C(CCn1ccc2ccc(F)cc21)Nc1ccc2c(c1)C(=O)N1CCCC1C(=O)N2. The first-order valence-electron chi connectivity index (χ1n) is 10.3. The van der Waals surface area contributed by atoms with E-state index >= 15 is 0 Å². The quantitative estimate of drug-likeness (QED) is 0.679. The molecule has 7 nitrogen and oxygen atoms in total. The minimum atomic E-state index is -0.431. The molecule has 0 bridgehead atoms. The van der Waals surface area contributed by atoms with Crippen LogP contribution in [0.4, 0.5) is 15.8 Å². The zero-order chi connectivity index (χ0) is 21.5. The summed E-state index contributed by atoms with van der Waals surface area (Å²) in [5.41, 5.74) is 2.07. The topological polar surface area (TPSA) is 83.4 Å². The van der Waals surface area contributed by atoms with Gasteiger partial charge in [0.15, 0.2) is 0 Å². The van der Waals surface area contributed by atoms with Gasteiger partial charge in [-0.1, -0.05) is 0 Å². The van der Waals surface area contributed by atoms with Crippen LogP contribution in [0.2, 0.25) is 0 Å². The second-order valence-corrected chi connectivity index (χ2v) is 7.92. The van der Waals surface area contributed by atoms with Crippen molar-refractivity contribution in [1.82, 2.24) is 9.47 Å². The molecule has 158 valence electrons. The van der Waals surface area contributed by atoms with Crippen LogP contribution in [0.5, 0.6) is 0 Å². The highest BCUT2D eigenvalue weighted by Gasteiger charge is 2.38. The number of halogens is 1. The number of hydrogen-bond donors (Lipinski definition) is 2. The molecule has 0 spiro atoms. The van der Waals surface area contributed by atoms with Gasteiger partial charge >= 0.3 is 0 Å². The van der Waals surface area contributed by atoms with E-state index in [1.165, 1.54) is 12.1 Å². The van der Waals surface area contributed by atoms with E-state index in [2.05, 4.69) is 10.6 Å². The first-order chi connectivity index (χ1) is 15.0. The summed E-state index contributed by atoms with van der Waals surface area (Å²) >= 11 is 0. The number of fused-ring (bicyclic) bond motifs is 3. The monoisotopic (exact) mass is 420 g/mol. The number of aryl methyl sites for hydroxylation is 1. The summed E-state index contributed by atoms with van der Waals surface area (Å²) in [6.45, 7) is 0.951. The summed E-state index contributed by atoms with van der Waals surface area (Å²) in [5, 5.41) is 6.55. The van der Waals surface area contributed by atoms with Gasteiger partial charge in [-0.15, -0.1) is 0 Å². The average Bonchev–Trinajstić information content (AvgIpc) is 3.38. The molecule has 3 aromatic rings. The van der Waals surface area contributed by atoms with Crippen molar-refractivity contribution in [3.63, 3.8) is 0 Å². The Labute approximate surface area is 177 Å². The number of nitrogens with one attached hydrogen (secondary N) is 2. The average molecular weight is 420 g/mol. The van der Waals surface area contributed by atoms with Crippen LogP contribution in [-0.2, 0) is 16.1 Å². The molecule has 0 radical (unpaired) electrons. The molecular formula is C23H21FN4O3. The van der Waals surface area contributed by atoms with Crippen LogP contribution in [0.3, 0.4) is 0 Å². The summed E-state index contributed by atoms with van der Waals surface area (Å²) < 4.78 is 15.4. The van der Waals surface area contributed by atoms with Gasteiger partial charge in [0.25, 0.3) is 5.91 Å². The van der Waals surface area contributed by atoms with Crippen LogP contribution in [0.1, 0.15) is 29.6 Å². The number of hydrogen-bond acceptors (Lipinski definition) is 3. The third-order valence-electron chi connectivity index (χ3n) is 5.92. The number of carbonyl (C=O) groups excluding carboxylic acids is 3. The molecule has 1 unspecified atom stereocenters. The second-order valence-electron chi connectivity index (χ2n) is 7.92. The number of rotatable bonds is 4. The Bertz CT molecular complexity index is 1220. The third kappa shape index (κ3) is 3.54. The summed E-state index contributed by atoms with van der Waals surface area (Å²) in [4.78, 5) is 39.4. The molecule has 2 aromatic carbocycles. The number of aromatic nitrogens is 1. The van der Waals surface area contributed by atoms with Gasteiger partial charge in [-0.3, -0.25) is 14.4 Å². The van der Waals surface area contributed by atoms with Crippen molar-refractivity contribution in [3.8, 4) is 0 Å². The molecule has 1 saturated heterocycles. The molecule has 1 fully saturated rings. The molecule has 1 atom stereocenters. The van der Waals surface area contributed by atoms with Gasteiger partial charge in [-0.25, -0.2) is 4.39 Å². The summed E-state index contributed by atoms with van der Waals surface area (Å²) in [7, 11) is 0. The molecule has 2 aliphatic heterocycles. The first-order valence-corrected chi connectivity index (χ1v) is 10.3. The van der Waals surface area contributed by atoms with E-state index in [1.54, 1.807) is 29.2 Å². The standard InChI is InChI=1S/C23H21FN4O3/c24-15-4-3-14-7-10-27(20(14)12-15)11-8-21(29)25-16-5-6-18-17(13-16)23(31)28-9-1-2-19(28)22(30)26-18/h3-7,10,12-13,19H,1-2,8-9,11H2,(H,25,29)(H,26,30). The van der Waals surface area contributed by atoms with Crippen LogP contribution < -0.4 is 10.6 Å². The Kier molecular flexibility index (Phi) is 4.69. The van der Waals surface area contributed by atoms with Crippen LogP contribution in [0.25, 0.3) is 10.9 Å². The van der Waals surface area contributed by atoms with E-state index in [1.807, 2.05) is 16.8 Å². The molecule has 1 aromatic heterocycles. The molecule has 2 N–H and O–H groups in total. The Balaban J connectivity index is 1.30. The number of carbonyl (C=O) groups is 3. The van der Waals surface area contributed by atoms with Crippen LogP contribution in [0, 0.1) is 5.82 Å². The number of benzene rings is 2. The van der Waals surface area contributed by atoms with E-state index in [0.29, 0.717) is 36.4 Å². The zero-order valence-electron chi connectivity index (χ0n) is 16.7.